The average molecular weight is 419 g/mol. The molecular formula is C20H23BrN2O3. The van der Waals surface area contributed by atoms with Gasteiger partial charge in [0.25, 0.3) is 11.8 Å². The molecule has 138 valence electrons. The predicted octanol–water partition coefficient (Wildman–Crippen LogP) is 4.63. The van der Waals surface area contributed by atoms with E-state index in [9.17, 15) is 9.59 Å². The molecule has 26 heavy (non-hydrogen) atoms. The number of halogens is 1. The number of rotatable bonds is 7. The normalized spacial score (nSPS) is 10.5. The van der Waals surface area contributed by atoms with Gasteiger partial charge in [-0.1, -0.05) is 13.0 Å². The summed E-state index contributed by atoms with van der Waals surface area (Å²) in [5, 5.41) is 5.63. The van der Waals surface area contributed by atoms with Crippen LogP contribution in [0.15, 0.2) is 46.9 Å². The first-order chi connectivity index (χ1) is 12.4. The third-order valence-corrected chi connectivity index (χ3v) is 4.09. The van der Waals surface area contributed by atoms with Gasteiger partial charge in [-0.05, 0) is 72.6 Å². The third kappa shape index (κ3) is 5.59. The molecular weight excluding hydrogens is 396 g/mol. The molecule has 0 aliphatic heterocycles. The number of hydrogen-bond acceptors (Lipinski definition) is 3. The quantitative estimate of drug-likeness (QED) is 0.688. The predicted molar refractivity (Wildman–Crippen MR) is 107 cm³/mol. The second-order valence-corrected chi connectivity index (χ2v) is 6.96. The van der Waals surface area contributed by atoms with Crippen LogP contribution in [0.4, 0.5) is 5.69 Å². The van der Waals surface area contributed by atoms with E-state index in [1.165, 1.54) is 0 Å². The molecule has 0 atom stereocenters. The molecule has 0 saturated heterocycles. The molecule has 0 unspecified atom stereocenters. The molecule has 0 heterocycles. The lowest BCUT2D eigenvalue weighted by molar-refractivity contribution is 0.0952. The zero-order valence-electron chi connectivity index (χ0n) is 15.1. The van der Waals surface area contributed by atoms with E-state index < -0.39 is 0 Å². The van der Waals surface area contributed by atoms with Crippen molar-refractivity contribution in [3.05, 3.63) is 58.1 Å². The molecule has 0 fully saturated rings. The van der Waals surface area contributed by atoms with Crippen LogP contribution in [0.25, 0.3) is 0 Å². The maximum Gasteiger partial charge on any atom is 0.255 e. The van der Waals surface area contributed by atoms with Crippen molar-refractivity contribution < 1.29 is 14.3 Å². The fourth-order valence-electron chi connectivity index (χ4n) is 2.27. The molecule has 2 aromatic carbocycles. The highest BCUT2D eigenvalue weighted by atomic mass is 79.9. The van der Waals surface area contributed by atoms with Gasteiger partial charge in [-0.15, -0.1) is 0 Å². The molecule has 0 aliphatic carbocycles. The zero-order valence-corrected chi connectivity index (χ0v) is 16.7. The fraction of sp³-hybridized carbons (Fsp3) is 0.300. The minimum absolute atomic E-state index is 0.0487. The first kappa shape index (κ1) is 20.0. The Morgan fingerprint density at radius 1 is 1.08 bits per heavy atom. The van der Waals surface area contributed by atoms with Crippen molar-refractivity contribution in [2.24, 2.45) is 0 Å². The largest absolute Gasteiger partial charge is 0.490 e. The van der Waals surface area contributed by atoms with Gasteiger partial charge in [-0.25, -0.2) is 0 Å². The molecule has 6 heteroatoms. The van der Waals surface area contributed by atoms with E-state index in [0.717, 1.165) is 6.42 Å². The van der Waals surface area contributed by atoms with E-state index in [2.05, 4.69) is 26.6 Å². The average Bonchev–Trinajstić information content (AvgIpc) is 2.61. The van der Waals surface area contributed by atoms with Crippen LogP contribution in [-0.2, 0) is 0 Å². The number of amides is 2. The summed E-state index contributed by atoms with van der Waals surface area (Å²) >= 11 is 3.43. The summed E-state index contributed by atoms with van der Waals surface area (Å²) in [7, 11) is 0. The van der Waals surface area contributed by atoms with Crippen molar-refractivity contribution in [3.8, 4) is 5.75 Å². The molecule has 2 aromatic rings. The number of benzene rings is 2. The highest BCUT2D eigenvalue weighted by Gasteiger charge is 2.12. The summed E-state index contributed by atoms with van der Waals surface area (Å²) in [5.41, 5.74) is 1.57. The maximum absolute atomic E-state index is 12.5. The number of hydrogen-bond donors (Lipinski definition) is 2. The van der Waals surface area contributed by atoms with Gasteiger partial charge in [-0.3, -0.25) is 9.59 Å². The van der Waals surface area contributed by atoms with E-state index in [1.54, 1.807) is 42.5 Å². The minimum atomic E-state index is -0.257. The summed E-state index contributed by atoms with van der Waals surface area (Å²) < 4.78 is 6.36. The number of nitrogens with one attached hydrogen (secondary N) is 2. The van der Waals surface area contributed by atoms with Crippen molar-refractivity contribution >= 4 is 33.4 Å². The molecule has 0 aromatic heterocycles. The van der Waals surface area contributed by atoms with E-state index >= 15 is 0 Å². The highest BCUT2D eigenvalue weighted by molar-refractivity contribution is 9.10. The van der Waals surface area contributed by atoms with E-state index in [1.807, 2.05) is 20.8 Å². The first-order valence-electron chi connectivity index (χ1n) is 8.56. The maximum atomic E-state index is 12.5. The van der Waals surface area contributed by atoms with Crippen molar-refractivity contribution in [2.75, 3.05) is 11.9 Å². The summed E-state index contributed by atoms with van der Waals surface area (Å²) in [6, 6.07) is 12.0. The van der Waals surface area contributed by atoms with Crippen LogP contribution in [0.5, 0.6) is 5.75 Å². The van der Waals surface area contributed by atoms with Crippen LogP contribution in [-0.4, -0.2) is 24.5 Å². The summed E-state index contributed by atoms with van der Waals surface area (Å²) in [4.78, 5) is 24.5. The lowest BCUT2D eigenvalue weighted by atomic mass is 10.1. The third-order valence-electron chi connectivity index (χ3n) is 3.47. The van der Waals surface area contributed by atoms with E-state index in [4.69, 9.17) is 4.74 Å². The van der Waals surface area contributed by atoms with E-state index in [0.29, 0.717) is 33.6 Å². The Balaban J connectivity index is 2.10. The Morgan fingerprint density at radius 3 is 2.46 bits per heavy atom. The van der Waals surface area contributed by atoms with Crippen LogP contribution in [0, 0.1) is 0 Å². The van der Waals surface area contributed by atoms with Gasteiger partial charge in [0.15, 0.2) is 0 Å². The van der Waals surface area contributed by atoms with Gasteiger partial charge >= 0.3 is 0 Å². The van der Waals surface area contributed by atoms with Gasteiger partial charge < -0.3 is 15.4 Å². The molecule has 0 aliphatic rings. The van der Waals surface area contributed by atoms with Gasteiger partial charge in [0.2, 0.25) is 0 Å². The molecule has 0 spiro atoms. The van der Waals surface area contributed by atoms with Crippen LogP contribution in [0.1, 0.15) is 47.9 Å². The Kier molecular flexibility index (Phi) is 7.21. The summed E-state index contributed by atoms with van der Waals surface area (Å²) in [6.45, 7) is 6.49. The Bertz CT molecular complexity index is 790. The number of carbonyl (C=O) groups excluding carboxylic acids is 2. The van der Waals surface area contributed by atoms with Gasteiger partial charge in [0.1, 0.15) is 5.75 Å². The lowest BCUT2D eigenvalue weighted by Gasteiger charge is -2.13. The van der Waals surface area contributed by atoms with Crippen LogP contribution in [0.2, 0.25) is 0 Å². The standard InChI is InChI=1S/C20H23BrN2O3/c1-4-10-22-19(24)14-6-5-7-16(11-14)23-20(25)15-8-9-18(17(21)12-15)26-13(2)3/h5-9,11-13H,4,10H2,1-3H3,(H,22,24)(H,23,25). The molecule has 0 radical (unpaired) electrons. The highest BCUT2D eigenvalue weighted by Crippen LogP contribution is 2.27. The summed E-state index contributed by atoms with van der Waals surface area (Å²) in [5.74, 6) is 0.278. The zero-order chi connectivity index (χ0) is 19.1. The summed E-state index contributed by atoms with van der Waals surface area (Å²) in [6.07, 6.45) is 0.917. The Labute approximate surface area is 162 Å². The lowest BCUT2D eigenvalue weighted by Crippen LogP contribution is -2.24. The second kappa shape index (κ2) is 9.38. The minimum Gasteiger partial charge on any atom is -0.490 e. The fourth-order valence-corrected chi connectivity index (χ4v) is 2.75. The number of carbonyl (C=O) groups is 2. The molecule has 2 N–H and O–H groups in total. The molecule has 2 rings (SSSR count). The Hall–Kier alpha value is -2.34. The van der Waals surface area contributed by atoms with Crippen molar-refractivity contribution in [3.63, 3.8) is 0 Å². The topological polar surface area (TPSA) is 67.4 Å². The van der Waals surface area contributed by atoms with Gasteiger partial charge in [-0.2, -0.15) is 0 Å². The smallest absolute Gasteiger partial charge is 0.255 e. The van der Waals surface area contributed by atoms with Gasteiger partial charge in [0, 0.05) is 23.4 Å². The molecule has 0 bridgehead atoms. The Morgan fingerprint density at radius 2 is 1.81 bits per heavy atom. The van der Waals surface area contributed by atoms with Gasteiger partial charge in [0.05, 0.1) is 10.6 Å². The molecule has 0 saturated carbocycles. The number of anilines is 1. The van der Waals surface area contributed by atoms with E-state index in [-0.39, 0.29) is 17.9 Å². The molecule has 5 nitrogen and oxygen atoms in total. The van der Waals surface area contributed by atoms with Crippen LogP contribution in [0.3, 0.4) is 0 Å². The molecule has 2 amide bonds. The van der Waals surface area contributed by atoms with Crippen molar-refractivity contribution in [1.82, 2.24) is 5.32 Å². The SMILES string of the molecule is CCCNC(=O)c1cccc(NC(=O)c2ccc(OC(C)C)c(Br)c2)c1. The first-order valence-corrected chi connectivity index (χ1v) is 9.35. The van der Waals surface area contributed by atoms with Crippen LogP contribution < -0.4 is 15.4 Å². The second-order valence-electron chi connectivity index (χ2n) is 6.10. The van der Waals surface area contributed by atoms with Crippen molar-refractivity contribution in [1.29, 1.82) is 0 Å². The monoisotopic (exact) mass is 418 g/mol. The number of ether oxygens (including phenoxy) is 1. The van der Waals surface area contributed by atoms with Crippen LogP contribution >= 0.6 is 15.9 Å². The van der Waals surface area contributed by atoms with Crippen molar-refractivity contribution in [2.45, 2.75) is 33.3 Å².